The number of ether oxygens (including phenoxy) is 1. The lowest BCUT2D eigenvalue weighted by Gasteiger charge is -2.56. The molecule has 1 saturated heterocycles. The van der Waals surface area contributed by atoms with E-state index in [1.807, 2.05) is 0 Å². The first kappa shape index (κ1) is 13.3. The zero-order chi connectivity index (χ0) is 12.5. The van der Waals surface area contributed by atoms with Gasteiger partial charge in [0.2, 0.25) is 0 Å². The Balaban J connectivity index is 1.92. The second-order valence-electron chi connectivity index (χ2n) is 6.10. The van der Waals surface area contributed by atoms with E-state index < -0.39 is 0 Å². The van der Waals surface area contributed by atoms with Gasteiger partial charge in [0.15, 0.2) is 0 Å². The molecular formula is C14H28N2O. The molecule has 17 heavy (non-hydrogen) atoms. The Bertz CT molecular complexity index is 251. The van der Waals surface area contributed by atoms with Crippen molar-refractivity contribution < 1.29 is 4.74 Å². The number of hydrogen-bond donors (Lipinski definition) is 1. The molecule has 0 aromatic rings. The van der Waals surface area contributed by atoms with Crippen LogP contribution in [0.2, 0.25) is 0 Å². The summed E-state index contributed by atoms with van der Waals surface area (Å²) in [5.41, 5.74) is 6.30. The minimum atomic E-state index is 0.258. The van der Waals surface area contributed by atoms with E-state index in [1.54, 1.807) is 0 Å². The van der Waals surface area contributed by atoms with Gasteiger partial charge in [-0.2, -0.15) is 0 Å². The van der Waals surface area contributed by atoms with Gasteiger partial charge >= 0.3 is 0 Å². The second kappa shape index (κ2) is 5.25. The summed E-state index contributed by atoms with van der Waals surface area (Å²) >= 11 is 0. The van der Waals surface area contributed by atoms with E-state index >= 15 is 0 Å². The number of nitrogens with two attached hydrogens (primary N) is 1. The molecule has 1 aliphatic heterocycles. The molecule has 1 saturated carbocycles. The van der Waals surface area contributed by atoms with Gasteiger partial charge in [-0.25, -0.2) is 0 Å². The third-order valence-corrected chi connectivity index (χ3v) is 5.00. The Kier molecular flexibility index (Phi) is 4.11. The van der Waals surface area contributed by atoms with Gasteiger partial charge in [-0.3, -0.25) is 4.90 Å². The van der Waals surface area contributed by atoms with Gasteiger partial charge < -0.3 is 10.5 Å². The van der Waals surface area contributed by atoms with Crippen LogP contribution in [0.15, 0.2) is 0 Å². The molecule has 0 aromatic heterocycles. The Morgan fingerprint density at radius 3 is 2.53 bits per heavy atom. The molecule has 1 aliphatic carbocycles. The molecule has 3 heteroatoms. The summed E-state index contributed by atoms with van der Waals surface area (Å²) in [4.78, 5) is 2.65. The summed E-state index contributed by atoms with van der Waals surface area (Å²) in [5, 5.41) is 0. The topological polar surface area (TPSA) is 38.5 Å². The minimum Gasteiger partial charge on any atom is -0.378 e. The standard InChI is InChI=1S/C14H28N2O/c1-4-17-13-7-14(8-13,10-15)16-6-5-11(2)12(3)9-16/h11-13H,4-10,15H2,1-3H3. The zero-order valence-electron chi connectivity index (χ0n) is 11.6. The predicted molar refractivity (Wildman–Crippen MR) is 71.0 cm³/mol. The molecular weight excluding hydrogens is 212 g/mol. The third-order valence-electron chi connectivity index (χ3n) is 5.00. The Morgan fingerprint density at radius 1 is 1.29 bits per heavy atom. The van der Waals surface area contributed by atoms with Crippen molar-refractivity contribution in [3.05, 3.63) is 0 Å². The molecule has 0 radical (unpaired) electrons. The van der Waals surface area contributed by atoms with Gasteiger partial charge in [-0.1, -0.05) is 13.8 Å². The van der Waals surface area contributed by atoms with Gasteiger partial charge in [0.1, 0.15) is 0 Å². The number of rotatable bonds is 4. The fourth-order valence-corrected chi connectivity index (χ4v) is 3.39. The summed E-state index contributed by atoms with van der Waals surface area (Å²) in [6.45, 7) is 10.9. The maximum Gasteiger partial charge on any atom is 0.0611 e. The molecule has 2 aliphatic rings. The largest absolute Gasteiger partial charge is 0.378 e. The van der Waals surface area contributed by atoms with Crippen LogP contribution in [0.4, 0.5) is 0 Å². The lowest BCUT2D eigenvalue weighted by Crippen LogP contribution is -2.66. The highest BCUT2D eigenvalue weighted by Gasteiger charge is 2.49. The van der Waals surface area contributed by atoms with Gasteiger partial charge in [-0.15, -0.1) is 0 Å². The average Bonchev–Trinajstić information content (AvgIpc) is 2.27. The Hall–Kier alpha value is -0.120. The van der Waals surface area contributed by atoms with Crippen LogP contribution in [0.1, 0.15) is 40.0 Å². The van der Waals surface area contributed by atoms with Crippen molar-refractivity contribution in [2.24, 2.45) is 17.6 Å². The lowest BCUT2D eigenvalue weighted by molar-refractivity contribution is -0.113. The molecule has 1 heterocycles. The molecule has 100 valence electrons. The molecule has 2 fully saturated rings. The monoisotopic (exact) mass is 240 g/mol. The molecule has 3 nitrogen and oxygen atoms in total. The third kappa shape index (κ3) is 2.51. The minimum absolute atomic E-state index is 0.258. The normalized spacial score (nSPS) is 43.4. The van der Waals surface area contributed by atoms with Crippen LogP contribution < -0.4 is 5.73 Å². The average molecular weight is 240 g/mol. The highest BCUT2D eigenvalue weighted by molar-refractivity contribution is 5.05. The SMILES string of the molecule is CCOC1CC(CN)(N2CCC(C)C(C)C2)C1. The molecule has 2 atom stereocenters. The van der Waals surface area contributed by atoms with Crippen LogP contribution in [0.25, 0.3) is 0 Å². The molecule has 0 aromatic carbocycles. The fourth-order valence-electron chi connectivity index (χ4n) is 3.39. The van der Waals surface area contributed by atoms with Crippen molar-refractivity contribution in [3.8, 4) is 0 Å². The molecule has 2 rings (SSSR count). The number of piperidine rings is 1. The first-order valence-electron chi connectivity index (χ1n) is 7.18. The predicted octanol–water partition coefficient (Wildman–Crippen LogP) is 1.86. The zero-order valence-corrected chi connectivity index (χ0v) is 11.6. The summed E-state index contributed by atoms with van der Waals surface area (Å²) < 4.78 is 5.69. The maximum absolute atomic E-state index is 6.04. The summed E-state index contributed by atoms with van der Waals surface area (Å²) in [7, 11) is 0. The molecule has 0 bridgehead atoms. The lowest BCUT2D eigenvalue weighted by atomic mass is 9.71. The number of hydrogen-bond acceptors (Lipinski definition) is 3. The van der Waals surface area contributed by atoms with Crippen molar-refractivity contribution in [1.29, 1.82) is 0 Å². The van der Waals surface area contributed by atoms with Crippen LogP contribution in [0.3, 0.4) is 0 Å². The van der Waals surface area contributed by atoms with E-state index in [0.717, 1.165) is 37.8 Å². The van der Waals surface area contributed by atoms with Crippen LogP contribution in [-0.2, 0) is 4.74 Å². The van der Waals surface area contributed by atoms with Crippen molar-refractivity contribution in [3.63, 3.8) is 0 Å². The van der Waals surface area contributed by atoms with E-state index in [9.17, 15) is 0 Å². The molecule has 0 amide bonds. The van der Waals surface area contributed by atoms with Crippen LogP contribution in [0.5, 0.6) is 0 Å². The van der Waals surface area contributed by atoms with Gasteiger partial charge in [0.05, 0.1) is 6.10 Å². The quantitative estimate of drug-likeness (QED) is 0.815. The fraction of sp³-hybridized carbons (Fsp3) is 1.00. The molecule has 0 spiro atoms. The smallest absolute Gasteiger partial charge is 0.0611 e. The van der Waals surface area contributed by atoms with Crippen molar-refractivity contribution >= 4 is 0 Å². The first-order chi connectivity index (χ1) is 8.11. The first-order valence-corrected chi connectivity index (χ1v) is 7.18. The van der Waals surface area contributed by atoms with E-state index in [2.05, 4.69) is 25.7 Å². The summed E-state index contributed by atoms with van der Waals surface area (Å²) in [6, 6.07) is 0. The highest BCUT2D eigenvalue weighted by Crippen LogP contribution is 2.41. The van der Waals surface area contributed by atoms with Crippen molar-refractivity contribution in [1.82, 2.24) is 4.90 Å². The highest BCUT2D eigenvalue weighted by atomic mass is 16.5. The molecule has 2 unspecified atom stereocenters. The van der Waals surface area contributed by atoms with Gasteiger partial charge in [0.25, 0.3) is 0 Å². The van der Waals surface area contributed by atoms with Crippen LogP contribution in [-0.4, -0.2) is 42.8 Å². The Labute approximate surface area is 106 Å². The summed E-state index contributed by atoms with van der Waals surface area (Å²) in [5.74, 6) is 1.67. The van der Waals surface area contributed by atoms with E-state index in [4.69, 9.17) is 10.5 Å². The number of likely N-dealkylation sites (tertiary alicyclic amines) is 1. The number of nitrogens with zero attached hydrogens (tertiary/aromatic N) is 1. The van der Waals surface area contributed by atoms with E-state index in [1.165, 1.54) is 19.5 Å². The van der Waals surface area contributed by atoms with Crippen LogP contribution >= 0.6 is 0 Å². The second-order valence-corrected chi connectivity index (χ2v) is 6.10. The van der Waals surface area contributed by atoms with Gasteiger partial charge in [0, 0.05) is 25.2 Å². The molecule has 2 N–H and O–H groups in total. The van der Waals surface area contributed by atoms with E-state index in [-0.39, 0.29) is 5.54 Å². The Morgan fingerprint density at radius 2 is 2.00 bits per heavy atom. The van der Waals surface area contributed by atoms with E-state index in [0.29, 0.717) is 6.10 Å². The van der Waals surface area contributed by atoms with Crippen LogP contribution in [0, 0.1) is 11.8 Å². The van der Waals surface area contributed by atoms with Crippen molar-refractivity contribution in [2.45, 2.75) is 51.7 Å². The maximum atomic E-state index is 6.04. The summed E-state index contributed by atoms with van der Waals surface area (Å²) in [6.07, 6.45) is 4.05. The van der Waals surface area contributed by atoms with Gasteiger partial charge in [-0.05, 0) is 44.6 Å². The van der Waals surface area contributed by atoms with Crippen molar-refractivity contribution in [2.75, 3.05) is 26.2 Å².